The molecule has 0 aliphatic carbocycles. The van der Waals surface area contributed by atoms with E-state index in [0.29, 0.717) is 12.0 Å². The first-order valence-electron chi connectivity index (χ1n) is 10.4. The van der Waals surface area contributed by atoms with Gasteiger partial charge in [0.05, 0.1) is 12.6 Å². The number of nitrogens with one attached hydrogen (secondary N) is 1. The highest BCUT2D eigenvalue weighted by Gasteiger charge is 2.46. The average Bonchev–Trinajstić information content (AvgIpc) is 3.00. The Bertz CT molecular complexity index is 628. The topological polar surface area (TPSA) is 44.8 Å². The highest BCUT2D eigenvalue weighted by molar-refractivity contribution is 5.82. The number of piperidine rings is 1. The molecule has 150 valence electrons. The minimum absolute atomic E-state index is 0.0373. The Balaban J connectivity index is 1.43. The molecule has 2 heterocycles. The van der Waals surface area contributed by atoms with Crippen LogP contribution in [0.2, 0.25) is 0 Å². The number of hydrogen-bond acceptors (Lipinski definition) is 4. The number of aryl methyl sites for hydroxylation is 1. The second-order valence-electron chi connectivity index (χ2n) is 8.35. The lowest BCUT2D eigenvalue weighted by Crippen LogP contribution is -2.43. The summed E-state index contributed by atoms with van der Waals surface area (Å²) < 4.78 is 5.86. The SMILES string of the molecule is CCc1cccc(OCCCN(C)C(=O)C2CC3(CCNCC3)CN2C)c1. The van der Waals surface area contributed by atoms with Crippen molar-refractivity contribution in [1.82, 2.24) is 15.1 Å². The Kier molecular flexibility index (Phi) is 6.77. The second kappa shape index (κ2) is 9.07. The van der Waals surface area contributed by atoms with Crippen molar-refractivity contribution in [1.29, 1.82) is 0 Å². The zero-order valence-corrected chi connectivity index (χ0v) is 17.2. The minimum Gasteiger partial charge on any atom is -0.494 e. The Hall–Kier alpha value is -1.59. The molecule has 5 nitrogen and oxygen atoms in total. The molecule has 0 aromatic heterocycles. The summed E-state index contributed by atoms with van der Waals surface area (Å²) in [4.78, 5) is 17.1. The van der Waals surface area contributed by atoms with Gasteiger partial charge in [-0.05, 0) is 75.4 Å². The number of ether oxygens (including phenoxy) is 1. The lowest BCUT2D eigenvalue weighted by atomic mass is 9.77. The van der Waals surface area contributed by atoms with Gasteiger partial charge >= 0.3 is 0 Å². The summed E-state index contributed by atoms with van der Waals surface area (Å²) in [6.45, 7) is 6.75. The van der Waals surface area contributed by atoms with E-state index in [-0.39, 0.29) is 11.9 Å². The van der Waals surface area contributed by atoms with Crippen LogP contribution in [0, 0.1) is 5.41 Å². The van der Waals surface area contributed by atoms with Crippen molar-refractivity contribution in [2.75, 3.05) is 46.9 Å². The van der Waals surface area contributed by atoms with Crippen LogP contribution in [0.15, 0.2) is 24.3 Å². The van der Waals surface area contributed by atoms with E-state index in [9.17, 15) is 4.79 Å². The molecular formula is C22H35N3O2. The summed E-state index contributed by atoms with van der Waals surface area (Å²) in [5.74, 6) is 1.19. The summed E-state index contributed by atoms with van der Waals surface area (Å²) >= 11 is 0. The van der Waals surface area contributed by atoms with Crippen molar-refractivity contribution in [3.63, 3.8) is 0 Å². The Morgan fingerprint density at radius 3 is 2.89 bits per heavy atom. The molecular weight excluding hydrogens is 338 g/mol. The van der Waals surface area contributed by atoms with E-state index in [0.717, 1.165) is 51.2 Å². The van der Waals surface area contributed by atoms with Crippen LogP contribution in [-0.2, 0) is 11.2 Å². The van der Waals surface area contributed by atoms with Gasteiger partial charge in [0.2, 0.25) is 5.91 Å². The maximum atomic E-state index is 13.0. The van der Waals surface area contributed by atoms with Gasteiger partial charge in [-0.2, -0.15) is 0 Å². The molecule has 1 amide bonds. The van der Waals surface area contributed by atoms with E-state index < -0.39 is 0 Å². The van der Waals surface area contributed by atoms with Gasteiger partial charge in [-0.1, -0.05) is 19.1 Å². The number of benzene rings is 1. The molecule has 2 aliphatic heterocycles. The maximum absolute atomic E-state index is 13.0. The number of likely N-dealkylation sites (N-methyl/N-ethyl adjacent to an activating group) is 2. The molecule has 1 spiro atoms. The lowest BCUT2D eigenvalue weighted by Gasteiger charge is -2.33. The van der Waals surface area contributed by atoms with Gasteiger partial charge in [0.25, 0.3) is 0 Å². The summed E-state index contributed by atoms with van der Waals surface area (Å²) in [5, 5.41) is 3.44. The summed E-state index contributed by atoms with van der Waals surface area (Å²) in [7, 11) is 4.04. The molecule has 3 rings (SSSR count). The van der Waals surface area contributed by atoms with Crippen LogP contribution in [0.5, 0.6) is 5.75 Å². The fourth-order valence-corrected chi connectivity index (χ4v) is 4.58. The number of likely N-dealkylation sites (tertiary alicyclic amines) is 1. The number of carbonyl (C=O) groups excluding carboxylic acids is 1. The molecule has 1 aromatic rings. The molecule has 2 aliphatic rings. The highest BCUT2D eigenvalue weighted by Crippen LogP contribution is 2.41. The van der Waals surface area contributed by atoms with E-state index in [1.807, 2.05) is 24.1 Å². The van der Waals surface area contributed by atoms with Crippen molar-refractivity contribution in [3.05, 3.63) is 29.8 Å². The van der Waals surface area contributed by atoms with Gasteiger partial charge < -0.3 is 15.0 Å². The van der Waals surface area contributed by atoms with Gasteiger partial charge in [0.15, 0.2) is 0 Å². The van der Waals surface area contributed by atoms with Gasteiger partial charge in [0.1, 0.15) is 5.75 Å². The first kappa shape index (κ1) is 20.2. The molecule has 2 fully saturated rings. The third-order valence-corrected chi connectivity index (χ3v) is 6.28. The lowest BCUT2D eigenvalue weighted by molar-refractivity contribution is -0.134. The molecule has 0 saturated carbocycles. The molecule has 5 heteroatoms. The van der Waals surface area contributed by atoms with Crippen LogP contribution in [0.4, 0.5) is 0 Å². The van der Waals surface area contributed by atoms with Crippen molar-refractivity contribution in [2.45, 2.75) is 45.1 Å². The van der Waals surface area contributed by atoms with E-state index in [2.05, 4.69) is 36.3 Å². The zero-order chi connectivity index (χ0) is 19.3. The summed E-state index contributed by atoms with van der Waals surface area (Å²) in [6.07, 6.45) is 5.25. The van der Waals surface area contributed by atoms with E-state index in [1.165, 1.54) is 18.4 Å². The molecule has 27 heavy (non-hydrogen) atoms. The molecule has 1 atom stereocenters. The first-order valence-corrected chi connectivity index (χ1v) is 10.4. The van der Waals surface area contributed by atoms with Crippen molar-refractivity contribution in [2.24, 2.45) is 5.41 Å². The van der Waals surface area contributed by atoms with Crippen molar-refractivity contribution >= 4 is 5.91 Å². The van der Waals surface area contributed by atoms with E-state index in [4.69, 9.17) is 4.74 Å². The van der Waals surface area contributed by atoms with Gasteiger partial charge in [0, 0.05) is 20.1 Å². The predicted molar refractivity (Wildman–Crippen MR) is 109 cm³/mol. The quantitative estimate of drug-likeness (QED) is 0.746. The largest absolute Gasteiger partial charge is 0.494 e. The van der Waals surface area contributed by atoms with Crippen LogP contribution in [-0.4, -0.2) is 68.6 Å². The summed E-state index contributed by atoms with van der Waals surface area (Å²) in [6, 6.07) is 8.29. The molecule has 1 N–H and O–H groups in total. The zero-order valence-electron chi connectivity index (χ0n) is 17.2. The van der Waals surface area contributed by atoms with Gasteiger partial charge in [-0.3, -0.25) is 9.69 Å². The normalized spacial score (nSPS) is 22.1. The Labute approximate surface area is 164 Å². The number of hydrogen-bond donors (Lipinski definition) is 1. The molecule has 1 unspecified atom stereocenters. The molecule has 1 aromatic carbocycles. The fourth-order valence-electron chi connectivity index (χ4n) is 4.58. The monoisotopic (exact) mass is 373 g/mol. The number of nitrogens with zero attached hydrogens (tertiary/aromatic N) is 2. The number of amides is 1. The Morgan fingerprint density at radius 2 is 2.15 bits per heavy atom. The highest BCUT2D eigenvalue weighted by atomic mass is 16.5. The van der Waals surface area contributed by atoms with Gasteiger partial charge in [-0.25, -0.2) is 0 Å². The third kappa shape index (κ3) is 5.02. The summed E-state index contributed by atoms with van der Waals surface area (Å²) in [5.41, 5.74) is 1.63. The van der Waals surface area contributed by atoms with Crippen LogP contribution in [0.25, 0.3) is 0 Å². The first-order chi connectivity index (χ1) is 13.0. The molecule has 0 radical (unpaired) electrons. The maximum Gasteiger partial charge on any atom is 0.239 e. The average molecular weight is 374 g/mol. The van der Waals surface area contributed by atoms with Crippen LogP contribution in [0.3, 0.4) is 0 Å². The van der Waals surface area contributed by atoms with Crippen LogP contribution >= 0.6 is 0 Å². The van der Waals surface area contributed by atoms with E-state index >= 15 is 0 Å². The standard InChI is InChI=1S/C22H35N3O2/c1-4-18-7-5-8-19(15-18)27-14-6-13-24(2)21(26)20-16-22(17-25(20)3)9-11-23-12-10-22/h5,7-8,15,20,23H,4,6,9-14,16-17H2,1-3H3. The minimum atomic E-state index is 0.0373. The predicted octanol–water partition coefficient (Wildman–Crippen LogP) is 2.55. The fraction of sp³-hybridized carbons (Fsp3) is 0.682. The number of carbonyl (C=O) groups is 1. The van der Waals surface area contributed by atoms with Crippen LogP contribution in [0.1, 0.15) is 38.2 Å². The van der Waals surface area contributed by atoms with Crippen molar-refractivity contribution in [3.8, 4) is 5.75 Å². The molecule has 0 bridgehead atoms. The third-order valence-electron chi connectivity index (χ3n) is 6.28. The number of rotatable bonds is 7. The van der Waals surface area contributed by atoms with Crippen molar-refractivity contribution < 1.29 is 9.53 Å². The Morgan fingerprint density at radius 1 is 1.37 bits per heavy atom. The smallest absolute Gasteiger partial charge is 0.239 e. The molecule has 2 saturated heterocycles. The van der Waals surface area contributed by atoms with Gasteiger partial charge in [-0.15, -0.1) is 0 Å². The second-order valence-corrected chi connectivity index (χ2v) is 8.35. The van der Waals surface area contributed by atoms with Crippen LogP contribution < -0.4 is 10.1 Å². The van der Waals surface area contributed by atoms with E-state index in [1.54, 1.807) is 0 Å².